The van der Waals surface area contributed by atoms with Crippen molar-refractivity contribution in [1.82, 2.24) is 10.0 Å². The van der Waals surface area contributed by atoms with Gasteiger partial charge in [-0.3, -0.25) is 4.79 Å². The van der Waals surface area contributed by atoms with Gasteiger partial charge in [-0.25, -0.2) is 13.1 Å². The van der Waals surface area contributed by atoms with E-state index >= 15 is 0 Å². The zero-order valence-electron chi connectivity index (χ0n) is 15.3. The molecule has 0 atom stereocenters. The van der Waals surface area contributed by atoms with E-state index in [-0.39, 0.29) is 5.56 Å². The number of hydrogen-bond donors (Lipinski definition) is 2. The van der Waals surface area contributed by atoms with Crippen LogP contribution in [-0.2, 0) is 16.6 Å². The number of carbonyl (C=O) groups is 1. The largest absolute Gasteiger partial charge is 0.489 e. The number of amides is 1. The third-order valence-electron chi connectivity index (χ3n) is 4.57. The molecule has 0 aliphatic carbocycles. The monoisotopic (exact) mass is 388 g/mol. The summed E-state index contributed by atoms with van der Waals surface area (Å²) < 4.78 is 30.1. The minimum atomic E-state index is -3.57. The summed E-state index contributed by atoms with van der Waals surface area (Å²) >= 11 is 0. The molecule has 0 radical (unpaired) electrons. The molecule has 0 saturated carbocycles. The Morgan fingerprint density at radius 2 is 1.85 bits per heavy atom. The van der Waals surface area contributed by atoms with Crippen LogP contribution in [0, 0.1) is 0 Å². The molecule has 27 heavy (non-hydrogen) atoms. The molecule has 0 aromatic heterocycles. The second-order valence-corrected chi connectivity index (χ2v) is 8.53. The van der Waals surface area contributed by atoms with Crippen molar-refractivity contribution < 1.29 is 17.9 Å². The number of sulfonamides is 1. The van der Waals surface area contributed by atoms with Gasteiger partial charge in [-0.15, -0.1) is 0 Å². The quantitative estimate of drug-likeness (QED) is 0.794. The van der Waals surface area contributed by atoms with Crippen LogP contribution in [0.25, 0.3) is 0 Å². The molecule has 6 nitrogen and oxygen atoms in total. The molecule has 1 saturated heterocycles. The first-order valence-electron chi connectivity index (χ1n) is 8.95. The minimum absolute atomic E-state index is 0.289. The molecule has 1 fully saturated rings. The molecule has 1 heterocycles. The standard InChI is InChI=1S/C20H24N2O4S/c1-27(24,25)22-20(23)17-7-5-15(6-8-17)14-26-19-4-2-3-18(13-19)16-9-11-21-12-10-16/h2-8,13,16,21H,9-12,14H2,1H3,(H,22,23). The summed E-state index contributed by atoms with van der Waals surface area (Å²) in [5.74, 6) is 0.756. The smallest absolute Gasteiger partial charge is 0.264 e. The number of hydrogen-bond acceptors (Lipinski definition) is 5. The lowest BCUT2D eigenvalue weighted by atomic mass is 9.90. The van der Waals surface area contributed by atoms with Crippen LogP contribution in [0.5, 0.6) is 5.75 Å². The van der Waals surface area contributed by atoms with Crippen molar-refractivity contribution in [3.63, 3.8) is 0 Å². The third kappa shape index (κ3) is 5.80. The van der Waals surface area contributed by atoms with E-state index in [1.165, 1.54) is 5.56 Å². The van der Waals surface area contributed by atoms with E-state index in [9.17, 15) is 13.2 Å². The van der Waals surface area contributed by atoms with Crippen LogP contribution < -0.4 is 14.8 Å². The fourth-order valence-electron chi connectivity index (χ4n) is 3.16. The molecule has 3 rings (SSSR count). The Labute approximate surface area is 160 Å². The predicted molar refractivity (Wildman–Crippen MR) is 104 cm³/mol. The highest BCUT2D eigenvalue weighted by Gasteiger charge is 2.15. The number of piperidine rings is 1. The average Bonchev–Trinajstić information content (AvgIpc) is 2.66. The van der Waals surface area contributed by atoms with Gasteiger partial charge in [-0.2, -0.15) is 0 Å². The maximum absolute atomic E-state index is 11.8. The van der Waals surface area contributed by atoms with Crippen LogP contribution in [0.3, 0.4) is 0 Å². The van der Waals surface area contributed by atoms with Crippen molar-refractivity contribution in [2.75, 3.05) is 19.3 Å². The van der Waals surface area contributed by atoms with Gasteiger partial charge in [0.25, 0.3) is 5.91 Å². The first kappa shape index (κ1) is 19.4. The Kier molecular flexibility index (Phi) is 6.13. The number of carbonyl (C=O) groups excluding carboxylic acids is 1. The molecule has 2 N–H and O–H groups in total. The fourth-order valence-corrected chi connectivity index (χ4v) is 3.61. The molecule has 1 aliphatic rings. The van der Waals surface area contributed by atoms with Gasteiger partial charge in [0.15, 0.2) is 0 Å². The molecule has 0 spiro atoms. The topological polar surface area (TPSA) is 84.5 Å². The second-order valence-electron chi connectivity index (χ2n) is 6.79. The summed E-state index contributed by atoms with van der Waals surface area (Å²) in [4.78, 5) is 11.8. The van der Waals surface area contributed by atoms with Gasteiger partial charge in [-0.05, 0) is 67.2 Å². The Morgan fingerprint density at radius 3 is 2.52 bits per heavy atom. The van der Waals surface area contributed by atoms with Crippen LogP contribution >= 0.6 is 0 Å². The molecule has 0 bridgehead atoms. The van der Waals surface area contributed by atoms with Gasteiger partial charge < -0.3 is 10.1 Å². The molecular weight excluding hydrogens is 364 g/mol. The maximum Gasteiger partial charge on any atom is 0.264 e. The van der Waals surface area contributed by atoms with Crippen molar-refractivity contribution in [3.8, 4) is 5.75 Å². The average molecular weight is 388 g/mol. The van der Waals surface area contributed by atoms with Gasteiger partial charge in [0.1, 0.15) is 12.4 Å². The molecule has 144 valence electrons. The Hall–Kier alpha value is -2.38. The van der Waals surface area contributed by atoms with Crippen LogP contribution in [0.4, 0.5) is 0 Å². The summed E-state index contributed by atoms with van der Waals surface area (Å²) in [6, 6.07) is 14.9. The van der Waals surface area contributed by atoms with E-state index in [0.29, 0.717) is 12.5 Å². The van der Waals surface area contributed by atoms with Crippen LogP contribution in [-0.4, -0.2) is 33.7 Å². The zero-order chi connectivity index (χ0) is 19.3. The molecular formula is C20H24N2O4S. The van der Waals surface area contributed by atoms with Gasteiger partial charge in [0.2, 0.25) is 10.0 Å². The van der Waals surface area contributed by atoms with Crippen molar-refractivity contribution in [2.45, 2.75) is 25.4 Å². The SMILES string of the molecule is CS(=O)(=O)NC(=O)c1ccc(COc2cccc(C3CCNCC3)c2)cc1. The predicted octanol–water partition coefficient (Wildman–Crippen LogP) is 2.42. The first-order chi connectivity index (χ1) is 12.9. The zero-order valence-corrected chi connectivity index (χ0v) is 16.1. The molecule has 1 amide bonds. The van der Waals surface area contributed by atoms with Crippen LogP contribution in [0.15, 0.2) is 48.5 Å². The van der Waals surface area contributed by atoms with E-state index in [1.54, 1.807) is 24.3 Å². The van der Waals surface area contributed by atoms with Gasteiger partial charge in [0, 0.05) is 5.56 Å². The van der Waals surface area contributed by atoms with Crippen LogP contribution in [0.2, 0.25) is 0 Å². The van der Waals surface area contributed by atoms with Crippen molar-refractivity contribution in [2.24, 2.45) is 0 Å². The van der Waals surface area contributed by atoms with Crippen molar-refractivity contribution >= 4 is 15.9 Å². The summed E-state index contributed by atoms with van der Waals surface area (Å²) in [5, 5.41) is 3.38. The summed E-state index contributed by atoms with van der Waals surface area (Å²) in [7, 11) is -3.57. The second kappa shape index (κ2) is 8.54. The number of nitrogens with one attached hydrogen (secondary N) is 2. The van der Waals surface area contributed by atoms with E-state index < -0.39 is 15.9 Å². The lowest BCUT2D eigenvalue weighted by Gasteiger charge is -2.23. The van der Waals surface area contributed by atoms with E-state index in [4.69, 9.17) is 4.74 Å². The molecule has 0 unspecified atom stereocenters. The Bertz CT molecular complexity index is 888. The highest BCUT2D eigenvalue weighted by atomic mass is 32.2. The normalized spacial score (nSPS) is 15.3. The third-order valence-corrected chi connectivity index (χ3v) is 5.12. The lowest BCUT2D eigenvalue weighted by Crippen LogP contribution is -2.29. The summed E-state index contributed by atoms with van der Waals surface area (Å²) in [6.07, 6.45) is 3.23. The van der Waals surface area contributed by atoms with E-state index in [1.807, 2.05) is 16.9 Å². The highest BCUT2D eigenvalue weighted by Crippen LogP contribution is 2.28. The number of rotatable bonds is 6. The molecule has 2 aromatic carbocycles. The van der Waals surface area contributed by atoms with E-state index in [0.717, 1.165) is 43.5 Å². The molecule has 1 aliphatic heterocycles. The van der Waals surface area contributed by atoms with Crippen molar-refractivity contribution in [3.05, 3.63) is 65.2 Å². The van der Waals surface area contributed by atoms with E-state index in [2.05, 4.69) is 17.4 Å². The maximum atomic E-state index is 11.8. The minimum Gasteiger partial charge on any atom is -0.489 e. The Morgan fingerprint density at radius 1 is 1.15 bits per heavy atom. The Balaban J connectivity index is 1.59. The summed E-state index contributed by atoms with van der Waals surface area (Å²) in [5.41, 5.74) is 2.50. The van der Waals surface area contributed by atoms with Gasteiger partial charge >= 0.3 is 0 Å². The molecule has 2 aromatic rings. The summed E-state index contributed by atoms with van der Waals surface area (Å²) in [6.45, 7) is 2.48. The number of ether oxygens (including phenoxy) is 1. The number of benzene rings is 2. The van der Waals surface area contributed by atoms with Gasteiger partial charge in [-0.1, -0.05) is 24.3 Å². The first-order valence-corrected chi connectivity index (χ1v) is 10.8. The van der Waals surface area contributed by atoms with Crippen molar-refractivity contribution in [1.29, 1.82) is 0 Å². The highest BCUT2D eigenvalue weighted by molar-refractivity contribution is 7.89. The fraction of sp³-hybridized carbons (Fsp3) is 0.350. The molecule has 7 heteroatoms. The van der Waals surface area contributed by atoms with Gasteiger partial charge in [0.05, 0.1) is 6.26 Å². The lowest BCUT2D eigenvalue weighted by molar-refractivity contribution is 0.0981. The van der Waals surface area contributed by atoms with Crippen LogP contribution in [0.1, 0.15) is 40.2 Å².